The third kappa shape index (κ3) is 3.43. The van der Waals surface area contributed by atoms with Crippen molar-refractivity contribution < 1.29 is 4.79 Å². The molecule has 0 aliphatic heterocycles. The summed E-state index contributed by atoms with van der Waals surface area (Å²) >= 11 is 0. The standard InChI is InChI=1S/C20H19N3O/c1-15-12-13-19(21-14-15)22-20(24)17-10-6-7-11-18(17)23(2)16-8-4-3-5-9-16/h3-14H,1-2H3,(H,21,22,24). The lowest BCUT2D eigenvalue weighted by atomic mass is 10.1. The number of hydrogen-bond acceptors (Lipinski definition) is 3. The quantitative estimate of drug-likeness (QED) is 0.775. The van der Waals surface area contributed by atoms with Crippen LogP contribution in [0.15, 0.2) is 72.9 Å². The van der Waals surface area contributed by atoms with Gasteiger partial charge in [0, 0.05) is 18.9 Å². The van der Waals surface area contributed by atoms with E-state index in [-0.39, 0.29) is 5.91 Å². The summed E-state index contributed by atoms with van der Waals surface area (Å²) in [5, 5.41) is 2.86. The molecule has 1 N–H and O–H groups in total. The number of carbonyl (C=O) groups excluding carboxylic acids is 1. The number of amides is 1. The highest BCUT2D eigenvalue weighted by Gasteiger charge is 2.15. The summed E-state index contributed by atoms with van der Waals surface area (Å²) in [4.78, 5) is 18.9. The van der Waals surface area contributed by atoms with Crippen molar-refractivity contribution in [3.63, 3.8) is 0 Å². The number of aryl methyl sites for hydroxylation is 1. The Kier molecular flexibility index (Phi) is 4.57. The molecule has 0 saturated carbocycles. The molecule has 0 bridgehead atoms. The van der Waals surface area contributed by atoms with Gasteiger partial charge in [-0.1, -0.05) is 36.4 Å². The van der Waals surface area contributed by atoms with Crippen molar-refractivity contribution in [1.29, 1.82) is 0 Å². The second-order valence-corrected chi connectivity index (χ2v) is 5.59. The first-order valence-electron chi connectivity index (χ1n) is 7.77. The number of aromatic nitrogens is 1. The number of nitrogens with zero attached hydrogens (tertiary/aromatic N) is 2. The molecular weight excluding hydrogens is 298 g/mol. The van der Waals surface area contributed by atoms with Crippen LogP contribution in [0.2, 0.25) is 0 Å². The molecule has 0 aliphatic rings. The lowest BCUT2D eigenvalue weighted by molar-refractivity contribution is 0.102. The van der Waals surface area contributed by atoms with Crippen LogP contribution in [-0.2, 0) is 0 Å². The number of anilines is 3. The number of para-hydroxylation sites is 2. The zero-order valence-corrected chi connectivity index (χ0v) is 13.7. The van der Waals surface area contributed by atoms with Crippen LogP contribution in [0.3, 0.4) is 0 Å². The third-order valence-electron chi connectivity index (χ3n) is 3.81. The van der Waals surface area contributed by atoms with Crippen molar-refractivity contribution in [1.82, 2.24) is 4.98 Å². The summed E-state index contributed by atoms with van der Waals surface area (Å²) in [6, 6.07) is 21.2. The monoisotopic (exact) mass is 317 g/mol. The molecule has 0 atom stereocenters. The first kappa shape index (κ1) is 15.7. The summed E-state index contributed by atoms with van der Waals surface area (Å²) in [5.74, 6) is 0.368. The Bertz CT molecular complexity index is 829. The van der Waals surface area contributed by atoms with E-state index < -0.39 is 0 Å². The first-order valence-corrected chi connectivity index (χ1v) is 7.77. The van der Waals surface area contributed by atoms with Gasteiger partial charge in [0.25, 0.3) is 5.91 Å². The second kappa shape index (κ2) is 6.96. The summed E-state index contributed by atoms with van der Waals surface area (Å²) in [5.41, 5.74) is 3.52. The Morgan fingerprint density at radius 1 is 0.958 bits per heavy atom. The van der Waals surface area contributed by atoms with Crippen molar-refractivity contribution >= 4 is 23.1 Å². The zero-order chi connectivity index (χ0) is 16.9. The molecule has 3 rings (SSSR count). The van der Waals surface area contributed by atoms with Gasteiger partial charge in [-0.25, -0.2) is 4.98 Å². The van der Waals surface area contributed by atoms with E-state index in [1.165, 1.54) is 0 Å². The molecule has 1 heterocycles. The zero-order valence-electron chi connectivity index (χ0n) is 13.7. The van der Waals surface area contributed by atoms with E-state index in [0.717, 1.165) is 16.9 Å². The van der Waals surface area contributed by atoms with Gasteiger partial charge in [-0.3, -0.25) is 4.79 Å². The van der Waals surface area contributed by atoms with E-state index in [0.29, 0.717) is 11.4 Å². The smallest absolute Gasteiger partial charge is 0.258 e. The van der Waals surface area contributed by atoms with Crippen molar-refractivity contribution in [2.24, 2.45) is 0 Å². The molecule has 0 radical (unpaired) electrons. The molecule has 4 heteroatoms. The Hall–Kier alpha value is -3.14. The van der Waals surface area contributed by atoms with Gasteiger partial charge in [0.1, 0.15) is 5.82 Å². The highest BCUT2D eigenvalue weighted by molar-refractivity contribution is 6.08. The van der Waals surface area contributed by atoms with Crippen LogP contribution in [0.5, 0.6) is 0 Å². The number of benzene rings is 2. The van der Waals surface area contributed by atoms with Crippen molar-refractivity contribution in [2.75, 3.05) is 17.3 Å². The number of carbonyl (C=O) groups is 1. The van der Waals surface area contributed by atoms with E-state index in [1.54, 1.807) is 12.3 Å². The Labute approximate surface area is 141 Å². The van der Waals surface area contributed by atoms with Crippen LogP contribution in [-0.4, -0.2) is 17.9 Å². The van der Waals surface area contributed by atoms with Gasteiger partial charge in [0.15, 0.2) is 0 Å². The largest absolute Gasteiger partial charge is 0.344 e. The Balaban J connectivity index is 1.88. The van der Waals surface area contributed by atoms with Gasteiger partial charge >= 0.3 is 0 Å². The van der Waals surface area contributed by atoms with E-state index in [2.05, 4.69) is 10.3 Å². The molecule has 0 fully saturated rings. The van der Waals surface area contributed by atoms with Crippen LogP contribution in [0.1, 0.15) is 15.9 Å². The normalized spacial score (nSPS) is 10.2. The lowest BCUT2D eigenvalue weighted by Gasteiger charge is -2.22. The molecule has 3 aromatic rings. The Morgan fingerprint density at radius 2 is 1.67 bits per heavy atom. The van der Waals surface area contributed by atoms with E-state index in [1.807, 2.05) is 79.5 Å². The third-order valence-corrected chi connectivity index (χ3v) is 3.81. The summed E-state index contributed by atoms with van der Waals surface area (Å²) in [6.45, 7) is 1.96. The fourth-order valence-electron chi connectivity index (χ4n) is 2.47. The van der Waals surface area contributed by atoms with E-state index >= 15 is 0 Å². The molecule has 120 valence electrons. The molecule has 0 aliphatic carbocycles. The summed E-state index contributed by atoms with van der Waals surface area (Å²) in [6.07, 6.45) is 1.73. The number of rotatable bonds is 4. The van der Waals surface area contributed by atoms with Crippen molar-refractivity contribution in [3.05, 3.63) is 84.1 Å². The van der Waals surface area contributed by atoms with Crippen LogP contribution in [0.4, 0.5) is 17.2 Å². The SMILES string of the molecule is Cc1ccc(NC(=O)c2ccccc2N(C)c2ccccc2)nc1. The average Bonchev–Trinajstić information content (AvgIpc) is 2.63. The molecule has 2 aromatic carbocycles. The van der Waals surface area contributed by atoms with Gasteiger partial charge in [-0.15, -0.1) is 0 Å². The van der Waals surface area contributed by atoms with Crippen LogP contribution in [0.25, 0.3) is 0 Å². The first-order chi connectivity index (χ1) is 11.6. The van der Waals surface area contributed by atoms with Crippen LogP contribution >= 0.6 is 0 Å². The minimum Gasteiger partial charge on any atom is -0.344 e. The minimum atomic E-state index is -0.176. The molecule has 4 nitrogen and oxygen atoms in total. The number of nitrogens with one attached hydrogen (secondary N) is 1. The predicted octanol–water partition coefficient (Wildman–Crippen LogP) is 4.41. The molecule has 0 unspecified atom stereocenters. The average molecular weight is 317 g/mol. The summed E-state index contributed by atoms with van der Waals surface area (Å²) in [7, 11) is 1.95. The van der Waals surface area contributed by atoms with Gasteiger partial charge < -0.3 is 10.2 Å². The van der Waals surface area contributed by atoms with E-state index in [9.17, 15) is 4.79 Å². The molecule has 1 amide bonds. The Morgan fingerprint density at radius 3 is 2.38 bits per heavy atom. The maximum atomic E-state index is 12.7. The number of pyridine rings is 1. The number of hydrogen-bond donors (Lipinski definition) is 1. The van der Waals surface area contributed by atoms with Crippen molar-refractivity contribution in [3.8, 4) is 0 Å². The molecule has 1 aromatic heterocycles. The van der Waals surface area contributed by atoms with Crippen LogP contribution in [0, 0.1) is 6.92 Å². The van der Waals surface area contributed by atoms with Gasteiger partial charge in [0.2, 0.25) is 0 Å². The van der Waals surface area contributed by atoms with Gasteiger partial charge in [0.05, 0.1) is 11.3 Å². The second-order valence-electron chi connectivity index (χ2n) is 5.59. The molecule has 0 spiro atoms. The maximum Gasteiger partial charge on any atom is 0.258 e. The minimum absolute atomic E-state index is 0.176. The predicted molar refractivity (Wildman–Crippen MR) is 97.9 cm³/mol. The van der Waals surface area contributed by atoms with Crippen molar-refractivity contribution in [2.45, 2.75) is 6.92 Å². The van der Waals surface area contributed by atoms with Gasteiger partial charge in [-0.2, -0.15) is 0 Å². The molecule has 0 saturated heterocycles. The maximum absolute atomic E-state index is 12.7. The van der Waals surface area contributed by atoms with E-state index in [4.69, 9.17) is 0 Å². The fraction of sp³-hybridized carbons (Fsp3) is 0.100. The van der Waals surface area contributed by atoms with Crippen LogP contribution < -0.4 is 10.2 Å². The molecule has 24 heavy (non-hydrogen) atoms. The highest BCUT2D eigenvalue weighted by Crippen LogP contribution is 2.27. The topological polar surface area (TPSA) is 45.2 Å². The lowest BCUT2D eigenvalue weighted by Crippen LogP contribution is -2.18. The molecular formula is C20H19N3O. The highest BCUT2D eigenvalue weighted by atomic mass is 16.1. The summed E-state index contributed by atoms with van der Waals surface area (Å²) < 4.78 is 0. The fourth-order valence-corrected chi connectivity index (χ4v) is 2.47. The van der Waals surface area contributed by atoms with Gasteiger partial charge in [-0.05, 0) is 42.8 Å².